The lowest BCUT2D eigenvalue weighted by Gasteiger charge is -2.29. The Morgan fingerprint density at radius 2 is 2.05 bits per heavy atom. The smallest absolute Gasteiger partial charge is 0.161 e. The van der Waals surface area contributed by atoms with Crippen LogP contribution in [0.25, 0.3) is 0 Å². The largest absolute Gasteiger partial charge is 0.493 e. The topological polar surface area (TPSA) is 34.1 Å². The van der Waals surface area contributed by atoms with Crippen molar-refractivity contribution in [3.63, 3.8) is 0 Å². The third kappa shape index (κ3) is 3.70. The maximum atomic E-state index is 6.06. The Morgan fingerprint density at radius 3 is 2.68 bits per heavy atom. The van der Waals surface area contributed by atoms with E-state index in [9.17, 15) is 0 Å². The minimum atomic E-state index is 0.286. The molecule has 1 aromatic rings. The molecule has 1 aliphatic rings. The highest BCUT2D eigenvalue weighted by atomic mass is 16.5. The van der Waals surface area contributed by atoms with E-state index in [0.29, 0.717) is 6.54 Å². The van der Waals surface area contributed by atoms with Gasteiger partial charge in [0.05, 0.1) is 13.7 Å². The summed E-state index contributed by atoms with van der Waals surface area (Å²) >= 11 is 0. The maximum Gasteiger partial charge on any atom is 0.161 e. The van der Waals surface area contributed by atoms with Crippen LogP contribution in [-0.2, 0) is 6.54 Å². The predicted octanol–water partition coefficient (Wildman–Crippen LogP) is 2.37. The van der Waals surface area contributed by atoms with Gasteiger partial charge in [-0.25, -0.2) is 0 Å². The highest BCUT2D eigenvalue weighted by Crippen LogP contribution is 2.30. The van der Waals surface area contributed by atoms with Crippen LogP contribution in [0.15, 0.2) is 23.2 Å². The molecule has 104 valence electrons. The average Bonchev–Trinajstić information content (AvgIpc) is 2.43. The molecule has 19 heavy (non-hydrogen) atoms. The van der Waals surface area contributed by atoms with Crippen molar-refractivity contribution >= 4 is 6.72 Å². The summed E-state index contributed by atoms with van der Waals surface area (Å²) in [4.78, 5) is 6.21. The van der Waals surface area contributed by atoms with Crippen molar-refractivity contribution in [1.29, 1.82) is 0 Å². The lowest BCUT2D eigenvalue weighted by Crippen LogP contribution is -2.35. The molecule has 0 spiro atoms. The van der Waals surface area contributed by atoms with Gasteiger partial charge in [0.2, 0.25) is 0 Å². The van der Waals surface area contributed by atoms with Gasteiger partial charge >= 0.3 is 0 Å². The summed E-state index contributed by atoms with van der Waals surface area (Å²) in [7, 11) is 3.82. The zero-order valence-corrected chi connectivity index (χ0v) is 11.8. The van der Waals surface area contributed by atoms with E-state index in [-0.39, 0.29) is 6.10 Å². The van der Waals surface area contributed by atoms with Gasteiger partial charge in [0, 0.05) is 13.1 Å². The molecule has 0 aliphatic carbocycles. The Kier molecular flexibility index (Phi) is 4.80. The lowest BCUT2D eigenvalue weighted by molar-refractivity contribution is 0.111. The molecule has 1 heterocycles. The van der Waals surface area contributed by atoms with Gasteiger partial charge in [0.25, 0.3) is 0 Å². The van der Waals surface area contributed by atoms with Gasteiger partial charge in [-0.2, -0.15) is 0 Å². The third-order valence-corrected chi connectivity index (χ3v) is 3.48. The van der Waals surface area contributed by atoms with E-state index in [2.05, 4.69) is 23.7 Å². The standard InChI is InChI=1S/C15H22N2O2/c1-16-11-12-4-5-14(15(10-12)18-3)19-13-6-8-17(2)9-7-13/h4-5,10,13H,1,6-9,11H2,2-3H3. The van der Waals surface area contributed by atoms with Crippen molar-refractivity contribution in [3.8, 4) is 11.5 Å². The molecule has 1 fully saturated rings. The van der Waals surface area contributed by atoms with Gasteiger partial charge in [0.15, 0.2) is 11.5 Å². The number of benzene rings is 1. The van der Waals surface area contributed by atoms with Crippen LogP contribution in [-0.4, -0.2) is 45.0 Å². The lowest BCUT2D eigenvalue weighted by atomic mass is 10.1. The van der Waals surface area contributed by atoms with Gasteiger partial charge in [-0.05, 0) is 44.3 Å². The number of hydrogen-bond acceptors (Lipinski definition) is 4. The zero-order valence-electron chi connectivity index (χ0n) is 11.8. The van der Waals surface area contributed by atoms with Gasteiger partial charge < -0.3 is 14.4 Å². The number of nitrogens with zero attached hydrogens (tertiary/aromatic N) is 2. The highest BCUT2D eigenvalue weighted by Gasteiger charge is 2.19. The summed E-state index contributed by atoms with van der Waals surface area (Å²) in [6.07, 6.45) is 2.42. The van der Waals surface area contributed by atoms with Crippen molar-refractivity contribution in [2.24, 2.45) is 4.99 Å². The Bertz CT molecular complexity index is 426. The average molecular weight is 262 g/mol. The van der Waals surface area contributed by atoms with Gasteiger partial charge in [-0.1, -0.05) is 6.07 Å². The number of hydrogen-bond donors (Lipinski definition) is 0. The van der Waals surface area contributed by atoms with E-state index in [1.165, 1.54) is 0 Å². The Labute approximate surface area is 115 Å². The molecule has 1 saturated heterocycles. The molecule has 0 N–H and O–H groups in total. The number of piperidine rings is 1. The molecule has 0 unspecified atom stereocenters. The second kappa shape index (κ2) is 6.57. The highest BCUT2D eigenvalue weighted by molar-refractivity contribution is 5.43. The Hall–Kier alpha value is -1.55. The summed E-state index contributed by atoms with van der Waals surface area (Å²) in [6, 6.07) is 5.96. The minimum Gasteiger partial charge on any atom is -0.493 e. The van der Waals surface area contributed by atoms with E-state index in [4.69, 9.17) is 9.47 Å². The number of methoxy groups -OCH3 is 1. The third-order valence-electron chi connectivity index (χ3n) is 3.48. The molecule has 1 aromatic carbocycles. The van der Waals surface area contributed by atoms with Crippen LogP contribution in [0, 0.1) is 0 Å². The molecule has 4 nitrogen and oxygen atoms in total. The molecule has 1 aliphatic heterocycles. The van der Waals surface area contributed by atoms with E-state index < -0.39 is 0 Å². The number of likely N-dealkylation sites (tertiary alicyclic amines) is 1. The quantitative estimate of drug-likeness (QED) is 0.764. The number of aliphatic imine (C=N–C) groups is 1. The molecule has 0 atom stereocenters. The molecule has 0 radical (unpaired) electrons. The molecule has 0 amide bonds. The first-order valence-corrected chi connectivity index (χ1v) is 6.67. The summed E-state index contributed by atoms with van der Waals surface area (Å²) in [6.45, 7) is 6.29. The first kappa shape index (κ1) is 13.9. The predicted molar refractivity (Wildman–Crippen MR) is 77.4 cm³/mol. The summed E-state index contributed by atoms with van der Waals surface area (Å²) < 4.78 is 11.5. The van der Waals surface area contributed by atoms with E-state index >= 15 is 0 Å². The maximum absolute atomic E-state index is 6.06. The van der Waals surface area contributed by atoms with Crippen molar-refractivity contribution in [3.05, 3.63) is 23.8 Å². The monoisotopic (exact) mass is 262 g/mol. The zero-order chi connectivity index (χ0) is 13.7. The van der Waals surface area contributed by atoms with Crippen LogP contribution in [0.3, 0.4) is 0 Å². The van der Waals surface area contributed by atoms with Gasteiger partial charge in [-0.15, -0.1) is 0 Å². The summed E-state index contributed by atoms with van der Waals surface area (Å²) in [5.74, 6) is 1.60. The van der Waals surface area contributed by atoms with Crippen molar-refractivity contribution in [2.45, 2.75) is 25.5 Å². The van der Waals surface area contributed by atoms with Crippen LogP contribution in [0.1, 0.15) is 18.4 Å². The second-order valence-corrected chi connectivity index (χ2v) is 4.99. The molecule has 2 rings (SSSR count). The molecule has 4 heteroatoms. The minimum absolute atomic E-state index is 0.286. The van der Waals surface area contributed by atoms with Gasteiger partial charge in [0.1, 0.15) is 6.10 Å². The number of ether oxygens (including phenoxy) is 2. The number of rotatable bonds is 5. The van der Waals surface area contributed by atoms with Crippen LogP contribution in [0.5, 0.6) is 11.5 Å². The second-order valence-electron chi connectivity index (χ2n) is 4.99. The fraction of sp³-hybridized carbons (Fsp3) is 0.533. The van der Waals surface area contributed by atoms with E-state index in [1.54, 1.807) is 7.11 Å². The molecule has 0 bridgehead atoms. The molecular formula is C15H22N2O2. The van der Waals surface area contributed by atoms with Crippen LogP contribution >= 0.6 is 0 Å². The van der Waals surface area contributed by atoms with Crippen molar-refractivity contribution in [1.82, 2.24) is 4.90 Å². The Morgan fingerprint density at radius 1 is 1.32 bits per heavy atom. The van der Waals surface area contributed by atoms with Crippen LogP contribution < -0.4 is 9.47 Å². The van der Waals surface area contributed by atoms with Crippen molar-refractivity contribution < 1.29 is 9.47 Å². The molecular weight excluding hydrogens is 240 g/mol. The van der Waals surface area contributed by atoms with Crippen molar-refractivity contribution in [2.75, 3.05) is 27.2 Å². The SMILES string of the molecule is C=NCc1ccc(OC2CCN(C)CC2)c(OC)c1. The molecule has 0 saturated carbocycles. The first-order valence-electron chi connectivity index (χ1n) is 6.67. The van der Waals surface area contributed by atoms with E-state index in [0.717, 1.165) is 43.0 Å². The van der Waals surface area contributed by atoms with Gasteiger partial charge in [-0.3, -0.25) is 4.99 Å². The molecule has 0 aromatic heterocycles. The fourth-order valence-electron chi connectivity index (χ4n) is 2.32. The summed E-state index contributed by atoms with van der Waals surface area (Å²) in [5, 5.41) is 0. The Balaban J connectivity index is 2.04. The summed E-state index contributed by atoms with van der Waals surface area (Å²) in [5.41, 5.74) is 1.09. The van der Waals surface area contributed by atoms with E-state index in [1.807, 2.05) is 18.2 Å². The normalized spacial score (nSPS) is 17.2. The fourth-order valence-corrected chi connectivity index (χ4v) is 2.32. The van der Waals surface area contributed by atoms with Crippen LogP contribution in [0.4, 0.5) is 0 Å². The van der Waals surface area contributed by atoms with Crippen LogP contribution in [0.2, 0.25) is 0 Å². The first-order chi connectivity index (χ1) is 9.22.